The Balaban J connectivity index is 2.21. The van der Waals surface area contributed by atoms with Crippen LogP contribution in [0.5, 0.6) is 0 Å². The van der Waals surface area contributed by atoms with Crippen LogP contribution in [-0.4, -0.2) is 38.9 Å². The minimum absolute atomic E-state index is 0.218. The SMILES string of the molecule is CNCCN(C1CC1)S(=O)(=O)c1ccc(C)s1. The molecule has 17 heavy (non-hydrogen) atoms. The molecule has 1 fully saturated rings. The zero-order valence-electron chi connectivity index (χ0n) is 10.1. The summed E-state index contributed by atoms with van der Waals surface area (Å²) < 4.78 is 27.0. The van der Waals surface area contributed by atoms with Crippen molar-refractivity contribution < 1.29 is 8.42 Å². The Hall–Kier alpha value is -0.430. The maximum atomic E-state index is 12.4. The summed E-state index contributed by atoms with van der Waals surface area (Å²) in [7, 11) is -1.44. The number of hydrogen-bond acceptors (Lipinski definition) is 4. The van der Waals surface area contributed by atoms with Crippen LogP contribution in [0.25, 0.3) is 0 Å². The van der Waals surface area contributed by atoms with Gasteiger partial charge >= 0.3 is 0 Å². The largest absolute Gasteiger partial charge is 0.318 e. The number of nitrogens with one attached hydrogen (secondary N) is 1. The lowest BCUT2D eigenvalue weighted by molar-refractivity contribution is 0.403. The Morgan fingerprint density at radius 3 is 2.65 bits per heavy atom. The molecule has 0 aliphatic heterocycles. The third-order valence-corrected chi connectivity index (χ3v) is 6.23. The maximum absolute atomic E-state index is 12.4. The van der Waals surface area contributed by atoms with Crippen molar-refractivity contribution in [1.29, 1.82) is 0 Å². The summed E-state index contributed by atoms with van der Waals surface area (Å²) in [5, 5.41) is 3.01. The molecule has 1 N–H and O–H groups in total. The number of thiophene rings is 1. The van der Waals surface area contributed by atoms with Crippen molar-refractivity contribution in [1.82, 2.24) is 9.62 Å². The van der Waals surface area contributed by atoms with Gasteiger partial charge in [0.2, 0.25) is 0 Å². The Morgan fingerprint density at radius 1 is 1.47 bits per heavy atom. The highest BCUT2D eigenvalue weighted by atomic mass is 32.2. The summed E-state index contributed by atoms with van der Waals surface area (Å²) in [5.41, 5.74) is 0. The molecule has 1 heterocycles. The number of hydrogen-bond donors (Lipinski definition) is 1. The lowest BCUT2D eigenvalue weighted by atomic mass is 10.5. The van der Waals surface area contributed by atoms with E-state index in [1.807, 2.05) is 20.0 Å². The maximum Gasteiger partial charge on any atom is 0.252 e. The summed E-state index contributed by atoms with van der Waals surface area (Å²) in [5.74, 6) is 0. The monoisotopic (exact) mass is 274 g/mol. The van der Waals surface area contributed by atoms with Gasteiger partial charge < -0.3 is 5.32 Å². The summed E-state index contributed by atoms with van der Waals surface area (Å²) in [6.07, 6.45) is 1.99. The van der Waals surface area contributed by atoms with E-state index in [0.717, 1.165) is 17.7 Å². The molecule has 0 radical (unpaired) electrons. The van der Waals surface area contributed by atoms with Crippen LogP contribution in [0, 0.1) is 6.92 Å². The minimum Gasteiger partial charge on any atom is -0.318 e. The molecule has 0 atom stereocenters. The average molecular weight is 274 g/mol. The van der Waals surface area contributed by atoms with Gasteiger partial charge in [0, 0.05) is 24.0 Å². The Labute approximate surface area is 107 Å². The highest BCUT2D eigenvalue weighted by Crippen LogP contribution is 2.33. The standard InChI is InChI=1S/C11H18N2O2S2/c1-9-3-6-11(16-9)17(14,15)13(8-7-12-2)10-4-5-10/h3,6,10,12H,4-5,7-8H2,1-2H3. The molecular weight excluding hydrogens is 256 g/mol. The van der Waals surface area contributed by atoms with E-state index in [0.29, 0.717) is 17.3 Å². The van der Waals surface area contributed by atoms with Crippen LogP contribution in [-0.2, 0) is 10.0 Å². The van der Waals surface area contributed by atoms with Crippen LogP contribution in [0.4, 0.5) is 0 Å². The van der Waals surface area contributed by atoms with E-state index in [9.17, 15) is 8.42 Å². The van der Waals surface area contributed by atoms with Crippen LogP contribution in [0.2, 0.25) is 0 Å². The second-order valence-corrected chi connectivity index (χ2v) is 7.72. The molecule has 1 saturated carbocycles. The molecule has 6 heteroatoms. The first-order valence-corrected chi connectivity index (χ1v) is 8.04. The summed E-state index contributed by atoms with van der Waals surface area (Å²) in [6.45, 7) is 3.18. The zero-order valence-corrected chi connectivity index (χ0v) is 11.8. The van der Waals surface area contributed by atoms with Crippen molar-refractivity contribution in [3.8, 4) is 0 Å². The Morgan fingerprint density at radius 2 is 2.18 bits per heavy atom. The molecule has 0 spiro atoms. The number of aryl methyl sites for hydroxylation is 1. The van der Waals surface area contributed by atoms with Gasteiger partial charge in [-0.3, -0.25) is 0 Å². The van der Waals surface area contributed by atoms with Crippen LogP contribution >= 0.6 is 11.3 Å². The average Bonchev–Trinajstić information content (AvgIpc) is 3.00. The van der Waals surface area contributed by atoms with E-state index in [4.69, 9.17) is 0 Å². The third kappa shape index (κ3) is 2.88. The molecule has 96 valence electrons. The van der Waals surface area contributed by atoms with E-state index < -0.39 is 10.0 Å². The van der Waals surface area contributed by atoms with Gasteiger partial charge in [0.25, 0.3) is 10.0 Å². The minimum atomic E-state index is -3.28. The van der Waals surface area contributed by atoms with Gasteiger partial charge in [0.15, 0.2) is 0 Å². The quantitative estimate of drug-likeness (QED) is 0.854. The van der Waals surface area contributed by atoms with Crippen LogP contribution < -0.4 is 5.32 Å². The molecule has 0 unspecified atom stereocenters. The van der Waals surface area contributed by atoms with Crippen LogP contribution in [0.3, 0.4) is 0 Å². The van der Waals surface area contributed by atoms with Crippen molar-refractivity contribution >= 4 is 21.4 Å². The van der Waals surface area contributed by atoms with E-state index >= 15 is 0 Å². The molecule has 1 aliphatic carbocycles. The molecule has 0 amide bonds. The molecule has 2 rings (SSSR count). The fourth-order valence-corrected chi connectivity index (χ4v) is 4.85. The molecule has 4 nitrogen and oxygen atoms in total. The highest BCUT2D eigenvalue weighted by Gasteiger charge is 2.38. The molecule has 1 aromatic rings. The zero-order chi connectivity index (χ0) is 12.5. The second-order valence-electron chi connectivity index (χ2n) is 4.32. The summed E-state index contributed by atoms with van der Waals surface area (Å²) in [6, 6.07) is 3.79. The fourth-order valence-electron chi connectivity index (χ4n) is 1.75. The molecule has 0 bridgehead atoms. The van der Waals surface area contributed by atoms with Gasteiger partial charge in [-0.05, 0) is 38.9 Å². The van der Waals surface area contributed by atoms with Gasteiger partial charge in [0.1, 0.15) is 4.21 Å². The number of sulfonamides is 1. The first-order chi connectivity index (χ1) is 8.05. The fraction of sp³-hybridized carbons (Fsp3) is 0.636. The van der Waals surface area contributed by atoms with Gasteiger partial charge in [-0.15, -0.1) is 11.3 Å². The van der Waals surface area contributed by atoms with E-state index in [1.54, 1.807) is 10.4 Å². The van der Waals surface area contributed by atoms with Crippen molar-refractivity contribution in [3.05, 3.63) is 17.0 Å². The predicted molar refractivity (Wildman–Crippen MR) is 69.9 cm³/mol. The van der Waals surface area contributed by atoms with E-state index in [-0.39, 0.29) is 6.04 Å². The highest BCUT2D eigenvalue weighted by molar-refractivity contribution is 7.91. The van der Waals surface area contributed by atoms with Crippen LogP contribution in [0.15, 0.2) is 16.3 Å². The Kier molecular flexibility index (Phi) is 3.87. The van der Waals surface area contributed by atoms with Gasteiger partial charge in [-0.2, -0.15) is 4.31 Å². The van der Waals surface area contributed by atoms with Crippen molar-refractivity contribution in [2.45, 2.75) is 30.0 Å². The molecule has 0 aromatic carbocycles. The lowest BCUT2D eigenvalue weighted by Crippen LogP contribution is -2.37. The van der Waals surface area contributed by atoms with Gasteiger partial charge in [-0.1, -0.05) is 0 Å². The molecule has 0 saturated heterocycles. The molecular formula is C11H18N2O2S2. The Bertz CT molecular complexity index is 477. The van der Waals surface area contributed by atoms with Crippen molar-refractivity contribution in [3.63, 3.8) is 0 Å². The van der Waals surface area contributed by atoms with Gasteiger partial charge in [-0.25, -0.2) is 8.42 Å². The third-order valence-electron chi connectivity index (χ3n) is 2.82. The van der Waals surface area contributed by atoms with E-state index in [2.05, 4.69) is 5.32 Å². The molecule has 1 aliphatic rings. The smallest absolute Gasteiger partial charge is 0.252 e. The number of nitrogens with zero attached hydrogens (tertiary/aromatic N) is 1. The van der Waals surface area contributed by atoms with Crippen molar-refractivity contribution in [2.75, 3.05) is 20.1 Å². The number of likely N-dealkylation sites (N-methyl/N-ethyl adjacent to an activating group) is 1. The summed E-state index contributed by atoms with van der Waals surface area (Å²) >= 11 is 1.35. The van der Waals surface area contributed by atoms with E-state index in [1.165, 1.54) is 11.3 Å². The normalized spacial score (nSPS) is 16.6. The van der Waals surface area contributed by atoms with Gasteiger partial charge in [0.05, 0.1) is 0 Å². The van der Waals surface area contributed by atoms with Crippen molar-refractivity contribution in [2.24, 2.45) is 0 Å². The second kappa shape index (κ2) is 5.06. The first kappa shape index (κ1) is 13.0. The lowest BCUT2D eigenvalue weighted by Gasteiger charge is -2.20. The topological polar surface area (TPSA) is 49.4 Å². The number of rotatable bonds is 6. The summed E-state index contributed by atoms with van der Waals surface area (Å²) in [4.78, 5) is 1.04. The predicted octanol–water partition coefficient (Wildman–Crippen LogP) is 1.43. The first-order valence-electron chi connectivity index (χ1n) is 5.78. The molecule has 1 aromatic heterocycles. The van der Waals surface area contributed by atoms with Crippen LogP contribution in [0.1, 0.15) is 17.7 Å².